The molecule has 2 amide bonds. The van der Waals surface area contributed by atoms with Crippen molar-refractivity contribution in [3.63, 3.8) is 0 Å². The second-order valence-electron chi connectivity index (χ2n) is 5.34. The van der Waals surface area contributed by atoms with Crippen molar-refractivity contribution >= 4 is 6.03 Å². The standard InChI is InChI=1S/C18H22N2O3/c1-13(12-21)20-18(22)19-11-14-3-5-15(6-4-14)16-7-9-17(23-2)10-8-16/h3-10,13,21H,11-12H2,1-2H3,(H2,19,20,22)/t13-/m0/s1. The molecule has 0 bridgehead atoms. The molecule has 2 rings (SSSR count). The summed E-state index contributed by atoms with van der Waals surface area (Å²) >= 11 is 0. The number of nitrogens with one attached hydrogen (secondary N) is 2. The van der Waals surface area contributed by atoms with Gasteiger partial charge in [0.15, 0.2) is 0 Å². The molecule has 0 saturated carbocycles. The number of aliphatic hydroxyl groups excluding tert-OH is 1. The summed E-state index contributed by atoms with van der Waals surface area (Å²) in [4.78, 5) is 11.6. The van der Waals surface area contributed by atoms with E-state index in [1.165, 1.54) is 0 Å². The molecule has 0 unspecified atom stereocenters. The van der Waals surface area contributed by atoms with Gasteiger partial charge in [-0.25, -0.2) is 4.79 Å². The monoisotopic (exact) mass is 314 g/mol. The molecule has 0 radical (unpaired) electrons. The average molecular weight is 314 g/mol. The Morgan fingerprint density at radius 1 is 1.09 bits per heavy atom. The second-order valence-corrected chi connectivity index (χ2v) is 5.34. The zero-order chi connectivity index (χ0) is 16.7. The predicted octanol–water partition coefficient (Wildman–Crippen LogP) is 2.54. The van der Waals surface area contributed by atoms with Crippen molar-refractivity contribution < 1.29 is 14.6 Å². The Hall–Kier alpha value is -2.53. The van der Waals surface area contributed by atoms with E-state index in [4.69, 9.17) is 9.84 Å². The van der Waals surface area contributed by atoms with E-state index >= 15 is 0 Å². The lowest BCUT2D eigenvalue weighted by Crippen LogP contribution is -2.41. The van der Waals surface area contributed by atoms with Crippen molar-refractivity contribution in [2.75, 3.05) is 13.7 Å². The first-order valence-electron chi connectivity index (χ1n) is 7.51. The highest BCUT2D eigenvalue weighted by molar-refractivity contribution is 5.74. The minimum Gasteiger partial charge on any atom is -0.497 e. The van der Waals surface area contributed by atoms with Gasteiger partial charge in [-0.3, -0.25) is 0 Å². The molecule has 122 valence electrons. The maximum atomic E-state index is 11.6. The van der Waals surface area contributed by atoms with Gasteiger partial charge in [0, 0.05) is 6.54 Å². The first-order chi connectivity index (χ1) is 11.1. The lowest BCUT2D eigenvalue weighted by molar-refractivity contribution is 0.220. The number of carbonyl (C=O) groups excluding carboxylic acids is 1. The molecule has 3 N–H and O–H groups in total. The van der Waals surface area contributed by atoms with Crippen LogP contribution in [0.25, 0.3) is 11.1 Å². The van der Waals surface area contributed by atoms with Gasteiger partial charge in [0.1, 0.15) is 5.75 Å². The highest BCUT2D eigenvalue weighted by Crippen LogP contribution is 2.22. The number of carbonyl (C=O) groups is 1. The van der Waals surface area contributed by atoms with E-state index in [0.717, 1.165) is 22.4 Å². The van der Waals surface area contributed by atoms with E-state index in [1.807, 2.05) is 48.5 Å². The number of hydrogen-bond acceptors (Lipinski definition) is 3. The van der Waals surface area contributed by atoms with E-state index < -0.39 is 0 Å². The Kier molecular flexibility index (Phi) is 6.00. The Morgan fingerprint density at radius 2 is 1.65 bits per heavy atom. The highest BCUT2D eigenvalue weighted by Gasteiger charge is 2.05. The van der Waals surface area contributed by atoms with E-state index in [9.17, 15) is 4.79 Å². The minimum absolute atomic E-state index is 0.0794. The first kappa shape index (κ1) is 16.8. The summed E-state index contributed by atoms with van der Waals surface area (Å²) in [7, 11) is 1.65. The Morgan fingerprint density at radius 3 is 2.17 bits per heavy atom. The molecule has 0 saturated heterocycles. The maximum Gasteiger partial charge on any atom is 0.315 e. The fourth-order valence-electron chi connectivity index (χ4n) is 2.10. The molecule has 0 aromatic heterocycles. The average Bonchev–Trinajstić information content (AvgIpc) is 2.60. The van der Waals surface area contributed by atoms with Crippen molar-refractivity contribution in [1.82, 2.24) is 10.6 Å². The van der Waals surface area contributed by atoms with Crippen LogP contribution >= 0.6 is 0 Å². The lowest BCUT2D eigenvalue weighted by Gasteiger charge is -2.12. The quantitative estimate of drug-likeness (QED) is 0.767. The third-order valence-corrected chi connectivity index (χ3v) is 3.48. The van der Waals surface area contributed by atoms with Gasteiger partial charge < -0.3 is 20.5 Å². The van der Waals surface area contributed by atoms with Crippen molar-refractivity contribution in [1.29, 1.82) is 0 Å². The Balaban J connectivity index is 1.92. The molecule has 0 spiro atoms. The molecule has 0 aliphatic heterocycles. The molecule has 5 heteroatoms. The second kappa shape index (κ2) is 8.19. The van der Waals surface area contributed by atoms with Crippen LogP contribution in [0.15, 0.2) is 48.5 Å². The lowest BCUT2D eigenvalue weighted by atomic mass is 10.0. The number of urea groups is 1. The Labute approximate surface area is 136 Å². The van der Waals surface area contributed by atoms with Gasteiger partial charge in [0.25, 0.3) is 0 Å². The van der Waals surface area contributed by atoms with Gasteiger partial charge in [0.2, 0.25) is 0 Å². The van der Waals surface area contributed by atoms with E-state index in [1.54, 1.807) is 14.0 Å². The SMILES string of the molecule is COc1ccc(-c2ccc(CNC(=O)N[C@@H](C)CO)cc2)cc1. The van der Waals surface area contributed by atoms with Crippen molar-refractivity contribution in [3.05, 3.63) is 54.1 Å². The van der Waals surface area contributed by atoms with Crippen LogP contribution in [-0.4, -0.2) is 30.9 Å². The molecular weight excluding hydrogens is 292 g/mol. The topological polar surface area (TPSA) is 70.6 Å². The summed E-state index contributed by atoms with van der Waals surface area (Å²) < 4.78 is 5.15. The summed E-state index contributed by atoms with van der Waals surface area (Å²) in [5.74, 6) is 0.831. The van der Waals surface area contributed by atoms with E-state index in [-0.39, 0.29) is 18.7 Å². The third kappa shape index (κ3) is 5.00. The van der Waals surface area contributed by atoms with Gasteiger partial charge in [-0.05, 0) is 35.7 Å². The number of amides is 2. The van der Waals surface area contributed by atoms with Gasteiger partial charge in [0.05, 0.1) is 19.8 Å². The molecule has 0 aliphatic rings. The molecule has 0 heterocycles. The summed E-state index contributed by atoms with van der Waals surface area (Å²) in [5.41, 5.74) is 3.23. The van der Waals surface area contributed by atoms with E-state index in [0.29, 0.717) is 6.54 Å². The number of aliphatic hydroxyl groups is 1. The van der Waals surface area contributed by atoms with Gasteiger partial charge >= 0.3 is 6.03 Å². The van der Waals surface area contributed by atoms with Crippen LogP contribution in [0, 0.1) is 0 Å². The van der Waals surface area contributed by atoms with Crippen molar-refractivity contribution in [3.8, 4) is 16.9 Å². The van der Waals surface area contributed by atoms with Crippen LogP contribution in [0.5, 0.6) is 5.75 Å². The van der Waals surface area contributed by atoms with Gasteiger partial charge in [-0.2, -0.15) is 0 Å². The summed E-state index contributed by atoms with van der Waals surface area (Å²) in [5, 5.41) is 14.3. The Bertz CT molecular complexity index is 624. The normalized spacial score (nSPS) is 11.6. The van der Waals surface area contributed by atoms with Crippen LogP contribution in [0.1, 0.15) is 12.5 Å². The first-order valence-corrected chi connectivity index (χ1v) is 7.51. The molecule has 5 nitrogen and oxygen atoms in total. The van der Waals surface area contributed by atoms with Crippen molar-refractivity contribution in [2.45, 2.75) is 19.5 Å². The number of methoxy groups -OCH3 is 1. The molecular formula is C18H22N2O3. The number of rotatable bonds is 6. The third-order valence-electron chi connectivity index (χ3n) is 3.48. The van der Waals surface area contributed by atoms with Crippen LogP contribution in [0.3, 0.4) is 0 Å². The molecule has 2 aromatic rings. The largest absolute Gasteiger partial charge is 0.497 e. The molecule has 1 atom stereocenters. The highest BCUT2D eigenvalue weighted by atomic mass is 16.5. The predicted molar refractivity (Wildman–Crippen MR) is 90.3 cm³/mol. The summed E-state index contributed by atoms with van der Waals surface area (Å²) in [6, 6.07) is 15.3. The van der Waals surface area contributed by atoms with Gasteiger partial charge in [-0.15, -0.1) is 0 Å². The zero-order valence-corrected chi connectivity index (χ0v) is 13.4. The minimum atomic E-state index is -0.286. The number of ether oxygens (including phenoxy) is 1. The van der Waals surface area contributed by atoms with Crippen LogP contribution in [0.2, 0.25) is 0 Å². The van der Waals surface area contributed by atoms with Crippen LogP contribution in [0.4, 0.5) is 4.79 Å². The van der Waals surface area contributed by atoms with Crippen LogP contribution < -0.4 is 15.4 Å². The number of benzene rings is 2. The molecule has 0 aliphatic carbocycles. The molecule has 2 aromatic carbocycles. The summed E-state index contributed by atoms with van der Waals surface area (Å²) in [6.45, 7) is 2.10. The van der Waals surface area contributed by atoms with Crippen LogP contribution in [-0.2, 0) is 6.54 Å². The molecule has 23 heavy (non-hydrogen) atoms. The smallest absolute Gasteiger partial charge is 0.315 e. The van der Waals surface area contributed by atoms with E-state index in [2.05, 4.69) is 10.6 Å². The number of hydrogen-bond donors (Lipinski definition) is 3. The molecule has 0 fully saturated rings. The maximum absolute atomic E-state index is 11.6. The fraction of sp³-hybridized carbons (Fsp3) is 0.278. The summed E-state index contributed by atoms with van der Waals surface area (Å²) in [6.07, 6.45) is 0. The fourth-order valence-corrected chi connectivity index (χ4v) is 2.10. The van der Waals surface area contributed by atoms with Gasteiger partial charge in [-0.1, -0.05) is 36.4 Å². The zero-order valence-electron chi connectivity index (χ0n) is 13.4. The van der Waals surface area contributed by atoms with Crippen molar-refractivity contribution in [2.24, 2.45) is 0 Å².